The number of benzene rings is 1. The Morgan fingerprint density at radius 1 is 1.35 bits per heavy atom. The molecule has 0 radical (unpaired) electrons. The van der Waals surface area contributed by atoms with E-state index >= 15 is 0 Å². The molecule has 0 saturated carbocycles. The van der Waals surface area contributed by atoms with E-state index in [0.29, 0.717) is 12.3 Å². The predicted octanol–water partition coefficient (Wildman–Crippen LogP) is 3.33. The lowest BCUT2D eigenvalue weighted by Gasteiger charge is -2.14. The van der Waals surface area contributed by atoms with E-state index in [4.69, 9.17) is 11.6 Å². The van der Waals surface area contributed by atoms with Gasteiger partial charge in [-0.15, -0.1) is 0 Å². The molecule has 0 aliphatic rings. The van der Waals surface area contributed by atoms with Gasteiger partial charge in [-0.05, 0) is 30.4 Å². The number of rotatable bonds is 6. The molecule has 0 N–H and O–H groups in total. The van der Waals surface area contributed by atoms with Gasteiger partial charge in [0.2, 0.25) is 0 Å². The van der Waals surface area contributed by atoms with Crippen LogP contribution in [0.25, 0.3) is 0 Å². The summed E-state index contributed by atoms with van der Waals surface area (Å²) in [6, 6.07) is 7.69. The smallest absolute Gasteiger partial charge is 0.147 e. The Kier molecular flexibility index (Phi) is 5.97. The summed E-state index contributed by atoms with van der Waals surface area (Å²) in [7, 11) is -2.89. The Morgan fingerprint density at radius 3 is 2.53 bits per heavy atom. The molecular weight excluding hydrogens is 324 g/mol. The topological polar surface area (TPSA) is 34.1 Å². The summed E-state index contributed by atoms with van der Waals surface area (Å²) < 4.78 is 22.3. The molecule has 0 amide bonds. The Labute approximate surface area is 116 Å². The highest BCUT2D eigenvalue weighted by Gasteiger charge is 2.13. The van der Waals surface area contributed by atoms with Crippen LogP contribution in [0.1, 0.15) is 12.0 Å². The van der Waals surface area contributed by atoms with Crippen LogP contribution in [-0.4, -0.2) is 25.8 Å². The van der Waals surface area contributed by atoms with Crippen LogP contribution >= 0.6 is 27.5 Å². The molecule has 1 aromatic carbocycles. The number of alkyl halides is 1. The van der Waals surface area contributed by atoms with Crippen molar-refractivity contribution in [2.24, 2.45) is 5.92 Å². The minimum Gasteiger partial charge on any atom is -0.229 e. The van der Waals surface area contributed by atoms with Crippen LogP contribution in [0.15, 0.2) is 24.3 Å². The summed E-state index contributed by atoms with van der Waals surface area (Å²) in [5.41, 5.74) is 1.08. The molecule has 0 fully saturated rings. The molecule has 96 valence electrons. The highest BCUT2D eigenvalue weighted by atomic mass is 79.9. The van der Waals surface area contributed by atoms with Crippen molar-refractivity contribution in [2.75, 3.05) is 17.3 Å². The van der Waals surface area contributed by atoms with Crippen molar-refractivity contribution >= 4 is 37.4 Å². The summed E-state index contributed by atoms with van der Waals surface area (Å²) in [5, 5.41) is 1.53. The first kappa shape index (κ1) is 15.0. The van der Waals surface area contributed by atoms with E-state index in [1.54, 1.807) is 0 Å². The minimum absolute atomic E-state index is 0.230. The quantitative estimate of drug-likeness (QED) is 0.745. The van der Waals surface area contributed by atoms with Crippen LogP contribution in [0.2, 0.25) is 5.02 Å². The molecule has 0 aliphatic carbocycles. The van der Waals surface area contributed by atoms with E-state index in [1.165, 1.54) is 6.26 Å². The van der Waals surface area contributed by atoms with Crippen LogP contribution in [-0.2, 0) is 16.3 Å². The Balaban J connectivity index is 2.61. The van der Waals surface area contributed by atoms with Gasteiger partial charge < -0.3 is 0 Å². The normalized spacial score (nSPS) is 13.6. The number of hydrogen-bond acceptors (Lipinski definition) is 2. The van der Waals surface area contributed by atoms with E-state index in [9.17, 15) is 8.42 Å². The highest BCUT2D eigenvalue weighted by molar-refractivity contribution is 9.09. The Morgan fingerprint density at radius 2 is 2.00 bits per heavy atom. The largest absolute Gasteiger partial charge is 0.229 e. The molecule has 1 atom stereocenters. The van der Waals surface area contributed by atoms with Gasteiger partial charge in [-0.1, -0.05) is 45.7 Å². The third-order valence-electron chi connectivity index (χ3n) is 2.58. The zero-order valence-corrected chi connectivity index (χ0v) is 12.9. The first-order valence-electron chi connectivity index (χ1n) is 5.39. The average Bonchev–Trinajstić information content (AvgIpc) is 2.25. The zero-order valence-electron chi connectivity index (χ0n) is 9.70. The molecule has 5 heteroatoms. The van der Waals surface area contributed by atoms with Gasteiger partial charge in [-0.2, -0.15) is 0 Å². The van der Waals surface area contributed by atoms with Crippen molar-refractivity contribution in [1.82, 2.24) is 0 Å². The SMILES string of the molecule is CS(=O)(=O)CCC(CBr)Cc1ccccc1Cl. The molecular formula is C12H16BrClO2S. The fourth-order valence-electron chi connectivity index (χ4n) is 1.59. The van der Waals surface area contributed by atoms with E-state index in [0.717, 1.165) is 22.3 Å². The van der Waals surface area contributed by atoms with Crippen molar-refractivity contribution in [3.63, 3.8) is 0 Å². The molecule has 0 saturated heterocycles. The monoisotopic (exact) mass is 338 g/mol. The molecule has 0 bridgehead atoms. The van der Waals surface area contributed by atoms with E-state index in [1.807, 2.05) is 24.3 Å². The number of halogens is 2. The standard InChI is InChI=1S/C12H16BrClO2S/c1-17(15,16)7-6-10(9-13)8-11-4-2-3-5-12(11)14/h2-5,10H,6-9H2,1H3. The van der Waals surface area contributed by atoms with Crippen molar-refractivity contribution in [2.45, 2.75) is 12.8 Å². The lowest BCUT2D eigenvalue weighted by molar-refractivity contribution is 0.555. The lowest BCUT2D eigenvalue weighted by Crippen LogP contribution is -2.13. The van der Waals surface area contributed by atoms with Gasteiger partial charge in [0.05, 0.1) is 5.75 Å². The van der Waals surface area contributed by atoms with Crippen LogP contribution in [0, 0.1) is 5.92 Å². The third-order valence-corrected chi connectivity index (χ3v) is 4.84. The molecule has 2 nitrogen and oxygen atoms in total. The van der Waals surface area contributed by atoms with E-state index < -0.39 is 9.84 Å². The second-order valence-electron chi connectivity index (χ2n) is 4.23. The summed E-state index contributed by atoms with van der Waals surface area (Å²) in [6.07, 6.45) is 2.74. The number of sulfone groups is 1. The first-order chi connectivity index (χ1) is 7.92. The third kappa shape index (κ3) is 5.89. The summed E-state index contributed by atoms with van der Waals surface area (Å²) in [6.45, 7) is 0. The summed E-state index contributed by atoms with van der Waals surface area (Å²) >= 11 is 9.51. The van der Waals surface area contributed by atoms with Gasteiger partial charge >= 0.3 is 0 Å². The lowest BCUT2D eigenvalue weighted by atomic mass is 9.99. The van der Waals surface area contributed by atoms with Crippen molar-refractivity contribution < 1.29 is 8.42 Å². The maximum atomic E-state index is 11.1. The van der Waals surface area contributed by atoms with Gasteiger partial charge in [0.1, 0.15) is 9.84 Å². The van der Waals surface area contributed by atoms with Gasteiger partial charge in [0, 0.05) is 16.6 Å². The van der Waals surface area contributed by atoms with Crippen molar-refractivity contribution in [1.29, 1.82) is 0 Å². The predicted molar refractivity (Wildman–Crippen MR) is 76.8 cm³/mol. The van der Waals surface area contributed by atoms with Crippen molar-refractivity contribution in [3.8, 4) is 0 Å². The Hall–Kier alpha value is -0.0600. The van der Waals surface area contributed by atoms with Crippen LogP contribution in [0.3, 0.4) is 0 Å². The van der Waals surface area contributed by atoms with Crippen molar-refractivity contribution in [3.05, 3.63) is 34.9 Å². The summed E-state index contributed by atoms with van der Waals surface area (Å²) in [4.78, 5) is 0. The van der Waals surface area contributed by atoms with Gasteiger partial charge in [-0.25, -0.2) is 8.42 Å². The Bertz CT molecular complexity index is 459. The molecule has 0 heterocycles. The van der Waals surface area contributed by atoms with Crippen LogP contribution in [0.4, 0.5) is 0 Å². The second kappa shape index (κ2) is 6.76. The fourth-order valence-corrected chi connectivity index (χ4v) is 3.12. The fraction of sp³-hybridized carbons (Fsp3) is 0.500. The van der Waals surface area contributed by atoms with Gasteiger partial charge in [-0.3, -0.25) is 0 Å². The average molecular weight is 340 g/mol. The van der Waals surface area contributed by atoms with Crippen LogP contribution < -0.4 is 0 Å². The number of hydrogen-bond donors (Lipinski definition) is 0. The molecule has 1 rings (SSSR count). The maximum absolute atomic E-state index is 11.1. The van der Waals surface area contributed by atoms with Gasteiger partial charge in [0.25, 0.3) is 0 Å². The molecule has 17 heavy (non-hydrogen) atoms. The molecule has 1 aromatic rings. The second-order valence-corrected chi connectivity index (χ2v) is 7.55. The van der Waals surface area contributed by atoms with E-state index in [2.05, 4.69) is 15.9 Å². The molecule has 0 spiro atoms. The molecule has 1 unspecified atom stereocenters. The zero-order chi connectivity index (χ0) is 12.9. The highest BCUT2D eigenvalue weighted by Crippen LogP contribution is 2.21. The molecule has 0 aromatic heterocycles. The van der Waals surface area contributed by atoms with Crippen LogP contribution in [0.5, 0.6) is 0 Å². The van der Waals surface area contributed by atoms with E-state index in [-0.39, 0.29) is 5.75 Å². The van der Waals surface area contributed by atoms with Gasteiger partial charge in [0.15, 0.2) is 0 Å². The minimum atomic E-state index is -2.89. The summed E-state index contributed by atoms with van der Waals surface area (Å²) in [5.74, 6) is 0.526. The molecule has 0 aliphatic heterocycles. The first-order valence-corrected chi connectivity index (χ1v) is 8.95. The maximum Gasteiger partial charge on any atom is 0.147 e.